The van der Waals surface area contributed by atoms with E-state index in [0.717, 1.165) is 6.20 Å². The number of aromatic amines is 1. The summed E-state index contributed by atoms with van der Waals surface area (Å²) in [7, 11) is -3.88. The molecule has 1 aromatic heterocycles. The molecular formula is C11H11N3O4S. The number of carbonyl (C=O) groups is 1. The number of hydrogen-bond donors (Lipinski definition) is 3. The van der Waals surface area contributed by atoms with Crippen molar-refractivity contribution in [1.82, 2.24) is 9.97 Å². The van der Waals surface area contributed by atoms with E-state index >= 15 is 0 Å². The molecule has 0 unspecified atom stereocenters. The normalized spacial score (nSPS) is 11.2. The quantitative estimate of drug-likeness (QED) is 0.780. The number of aromatic nitrogens is 2. The SMILES string of the molecule is Cc1cccc(C(=O)O)c1NS(=O)(=O)c1cnc[nH]1. The number of para-hydroxylation sites is 1. The third kappa shape index (κ3) is 2.58. The molecule has 0 saturated carbocycles. The van der Waals surface area contributed by atoms with Gasteiger partial charge in [0.15, 0.2) is 5.03 Å². The zero-order valence-corrected chi connectivity index (χ0v) is 10.7. The van der Waals surface area contributed by atoms with Gasteiger partial charge in [-0.2, -0.15) is 8.42 Å². The van der Waals surface area contributed by atoms with E-state index in [2.05, 4.69) is 14.7 Å². The number of sulfonamides is 1. The lowest BCUT2D eigenvalue weighted by molar-refractivity contribution is 0.0698. The highest BCUT2D eigenvalue weighted by Crippen LogP contribution is 2.23. The van der Waals surface area contributed by atoms with E-state index in [1.54, 1.807) is 19.1 Å². The molecule has 0 atom stereocenters. The minimum absolute atomic E-state index is 0.0459. The fourth-order valence-electron chi connectivity index (χ4n) is 1.56. The highest BCUT2D eigenvalue weighted by molar-refractivity contribution is 7.92. The third-order valence-electron chi connectivity index (χ3n) is 2.50. The molecule has 0 fully saturated rings. The Bertz CT molecular complexity index is 708. The van der Waals surface area contributed by atoms with Crippen molar-refractivity contribution in [2.45, 2.75) is 11.9 Å². The summed E-state index contributed by atoms with van der Waals surface area (Å²) in [5.41, 5.74) is 0.454. The Kier molecular flexibility index (Phi) is 3.26. The van der Waals surface area contributed by atoms with Crippen molar-refractivity contribution in [3.63, 3.8) is 0 Å². The number of imidazole rings is 1. The van der Waals surface area contributed by atoms with Gasteiger partial charge >= 0.3 is 5.97 Å². The number of carboxylic acid groups (broad SMARTS) is 1. The summed E-state index contributed by atoms with van der Waals surface area (Å²) in [4.78, 5) is 17.2. The largest absolute Gasteiger partial charge is 0.478 e. The first kappa shape index (κ1) is 13.1. The lowest BCUT2D eigenvalue weighted by atomic mass is 10.1. The summed E-state index contributed by atoms with van der Waals surface area (Å²) in [5.74, 6) is -1.20. The van der Waals surface area contributed by atoms with Gasteiger partial charge < -0.3 is 10.1 Å². The van der Waals surface area contributed by atoms with Crippen LogP contribution < -0.4 is 4.72 Å². The number of nitrogens with zero attached hydrogens (tertiary/aromatic N) is 1. The van der Waals surface area contributed by atoms with Crippen LogP contribution in [0.15, 0.2) is 35.7 Å². The molecule has 0 spiro atoms. The van der Waals surface area contributed by atoms with Crippen LogP contribution in [-0.2, 0) is 10.0 Å². The summed E-state index contributed by atoms with van der Waals surface area (Å²) in [5, 5.41) is 8.93. The molecule has 0 aliphatic rings. The first-order valence-electron chi connectivity index (χ1n) is 5.26. The second-order valence-corrected chi connectivity index (χ2v) is 5.47. The zero-order valence-electron chi connectivity index (χ0n) is 9.91. The zero-order chi connectivity index (χ0) is 14.0. The fraction of sp³-hybridized carbons (Fsp3) is 0.0909. The molecule has 19 heavy (non-hydrogen) atoms. The van der Waals surface area contributed by atoms with Crippen molar-refractivity contribution in [3.05, 3.63) is 41.9 Å². The number of anilines is 1. The third-order valence-corrected chi connectivity index (χ3v) is 3.78. The van der Waals surface area contributed by atoms with Crippen molar-refractivity contribution < 1.29 is 18.3 Å². The van der Waals surface area contributed by atoms with Gasteiger partial charge in [-0.1, -0.05) is 12.1 Å². The predicted octanol–water partition coefficient (Wildman–Crippen LogP) is 1.22. The minimum atomic E-state index is -3.88. The van der Waals surface area contributed by atoms with E-state index in [-0.39, 0.29) is 16.3 Å². The molecule has 2 rings (SSSR count). The Labute approximate surface area is 109 Å². The molecule has 2 aromatic rings. The number of aryl methyl sites for hydroxylation is 1. The minimum Gasteiger partial charge on any atom is -0.478 e. The smallest absolute Gasteiger partial charge is 0.337 e. The van der Waals surface area contributed by atoms with Crippen molar-refractivity contribution in [2.24, 2.45) is 0 Å². The number of benzene rings is 1. The Balaban J connectivity index is 2.48. The van der Waals surface area contributed by atoms with Crippen LogP contribution in [-0.4, -0.2) is 29.5 Å². The van der Waals surface area contributed by atoms with Crippen LogP contribution in [0.2, 0.25) is 0 Å². The predicted molar refractivity (Wildman–Crippen MR) is 67.5 cm³/mol. The maximum Gasteiger partial charge on any atom is 0.337 e. The lowest BCUT2D eigenvalue weighted by Gasteiger charge is -2.11. The second-order valence-electron chi connectivity index (χ2n) is 3.82. The van der Waals surface area contributed by atoms with Gasteiger partial charge in [0, 0.05) is 0 Å². The van der Waals surface area contributed by atoms with Gasteiger partial charge in [-0.25, -0.2) is 9.78 Å². The van der Waals surface area contributed by atoms with Crippen LogP contribution in [0.4, 0.5) is 5.69 Å². The standard InChI is InChI=1S/C11H11N3O4S/c1-7-3-2-4-8(11(15)16)10(7)14-19(17,18)9-5-12-6-13-9/h2-6,14H,1H3,(H,12,13)(H,15,16). The molecule has 3 N–H and O–H groups in total. The molecule has 0 radical (unpaired) electrons. The Morgan fingerprint density at radius 1 is 1.42 bits per heavy atom. The monoisotopic (exact) mass is 281 g/mol. The van der Waals surface area contributed by atoms with Crippen LogP contribution >= 0.6 is 0 Å². The molecule has 1 aromatic carbocycles. The van der Waals surface area contributed by atoms with Gasteiger partial charge in [-0.3, -0.25) is 4.72 Å². The molecule has 1 heterocycles. The molecule has 0 saturated heterocycles. The number of carboxylic acids is 1. The van der Waals surface area contributed by atoms with E-state index in [1.165, 1.54) is 12.4 Å². The second kappa shape index (κ2) is 4.73. The van der Waals surface area contributed by atoms with Crippen molar-refractivity contribution >= 4 is 21.7 Å². The van der Waals surface area contributed by atoms with Crippen LogP contribution in [0.5, 0.6) is 0 Å². The average Bonchev–Trinajstić information content (AvgIpc) is 2.85. The molecule has 0 amide bonds. The summed E-state index contributed by atoms with van der Waals surface area (Å²) < 4.78 is 26.3. The fourth-order valence-corrected chi connectivity index (χ4v) is 2.62. The number of rotatable bonds is 4. The Morgan fingerprint density at radius 2 is 2.16 bits per heavy atom. The summed E-state index contributed by atoms with van der Waals surface area (Å²) in [6.07, 6.45) is 2.37. The lowest BCUT2D eigenvalue weighted by Crippen LogP contribution is -2.16. The molecule has 100 valence electrons. The molecule has 0 aliphatic carbocycles. The summed E-state index contributed by atoms with van der Waals surface area (Å²) in [6.45, 7) is 1.62. The first-order valence-corrected chi connectivity index (χ1v) is 6.74. The van der Waals surface area contributed by atoms with Crippen molar-refractivity contribution in [2.75, 3.05) is 4.72 Å². The van der Waals surface area contributed by atoms with Crippen LogP contribution in [0.25, 0.3) is 0 Å². The highest BCUT2D eigenvalue weighted by Gasteiger charge is 2.20. The van der Waals surface area contributed by atoms with Gasteiger partial charge in [0.05, 0.1) is 23.8 Å². The highest BCUT2D eigenvalue weighted by atomic mass is 32.2. The van der Waals surface area contributed by atoms with E-state index in [9.17, 15) is 13.2 Å². The van der Waals surface area contributed by atoms with Crippen molar-refractivity contribution in [3.8, 4) is 0 Å². The Hall–Kier alpha value is -2.35. The van der Waals surface area contributed by atoms with Gasteiger partial charge in [-0.15, -0.1) is 0 Å². The first-order chi connectivity index (χ1) is 8.92. The molecule has 0 aliphatic heterocycles. The molecule has 7 nitrogen and oxygen atoms in total. The molecular weight excluding hydrogens is 270 g/mol. The Morgan fingerprint density at radius 3 is 2.74 bits per heavy atom. The van der Waals surface area contributed by atoms with Crippen LogP contribution in [0, 0.1) is 6.92 Å². The number of H-pyrrole nitrogens is 1. The van der Waals surface area contributed by atoms with Gasteiger partial charge in [0.1, 0.15) is 0 Å². The molecule has 0 bridgehead atoms. The number of hydrogen-bond acceptors (Lipinski definition) is 4. The topological polar surface area (TPSA) is 112 Å². The van der Waals surface area contributed by atoms with Crippen molar-refractivity contribution in [1.29, 1.82) is 0 Å². The van der Waals surface area contributed by atoms with Crippen LogP contribution in [0.3, 0.4) is 0 Å². The molecule has 8 heteroatoms. The van der Waals surface area contributed by atoms with E-state index in [4.69, 9.17) is 5.11 Å². The van der Waals surface area contributed by atoms with E-state index in [1.807, 2.05) is 0 Å². The average molecular weight is 281 g/mol. The maximum absolute atomic E-state index is 12.0. The van der Waals surface area contributed by atoms with E-state index in [0.29, 0.717) is 5.56 Å². The van der Waals surface area contributed by atoms with Gasteiger partial charge in [0.2, 0.25) is 0 Å². The van der Waals surface area contributed by atoms with E-state index < -0.39 is 16.0 Å². The summed E-state index contributed by atoms with van der Waals surface area (Å²) >= 11 is 0. The summed E-state index contributed by atoms with van der Waals surface area (Å²) in [6, 6.07) is 4.50. The van der Waals surface area contributed by atoms with Crippen LogP contribution in [0.1, 0.15) is 15.9 Å². The number of nitrogens with one attached hydrogen (secondary N) is 2. The number of aromatic carboxylic acids is 1. The van der Waals surface area contributed by atoms with Gasteiger partial charge in [0.25, 0.3) is 10.0 Å². The van der Waals surface area contributed by atoms with Gasteiger partial charge in [-0.05, 0) is 18.6 Å². The maximum atomic E-state index is 12.0.